The van der Waals surface area contributed by atoms with Gasteiger partial charge in [-0.25, -0.2) is 4.79 Å². The molecule has 7 nitrogen and oxygen atoms in total. The van der Waals surface area contributed by atoms with Crippen LogP contribution in [-0.4, -0.2) is 29.0 Å². The highest BCUT2D eigenvalue weighted by atomic mass is 16.6. The van der Waals surface area contributed by atoms with E-state index in [4.69, 9.17) is 9.47 Å². The first kappa shape index (κ1) is 17.1. The lowest BCUT2D eigenvalue weighted by Gasteiger charge is -2.21. The van der Waals surface area contributed by atoms with E-state index in [2.05, 4.69) is 15.7 Å². The number of hydrogen-bond donors (Lipinski definition) is 2. The number of ether oxygens (including phenoxy) is 2. The molecule has 25 heavy (non-hydrogen) atoms. The van der Waals surface area contributed by atoms with Gasteiger partial charge in [-0.3, -0.25) is 4.68 Å². The van der Waals surface area contributed by atoms with Crippen molar-refractivity contribution in [2.24, 2.45) is 7.05 Å². The Kier molecular flexibility index (Phi) is 4.83. The van der Waals surface area contributed by atoms with Crippen LogP contribution in [0.25, 0.3) is 0 Å². The van der Waals surface area contributed by atoms with Crippen LogP contribution in [0.15, 0.2) is 18.2 Å². The minimum atomic E-state index is -0.218. The molecule has 0 radical (unpaired) electrons. The largest absolute Gasteiger partial charge is 0.486 e. The summed E-state index contributed by atoms with van der Waals surface area (Å²) in [4.78, 5) is 12.2. The standard InChI is InChI=1S/C18H24N4O3/c1-11(14-5-6-16-17(9-14)25-8-7-24-16)20-18(23)19-10-15-12(2)21-22(4)13(15)3/h5-6,9,11H,7-8,10H2,1-4H3,(H2,19,20,23). The molecule has 1 aromatic carbocycles. The molecule has 134 valence electrons. The Balaban J connectivity index is 1.59. The fourth-order valence-corrected chi connectivity index (χ4v) is 2.90. The van der Waals surface area contributed by atoms with Crippen LogP contribution in [0, 0.1) is 13.8 Å². The zero-order valence-corrected chi connectivity index (χ0v) is 15.0. The van der Waals surface area contributed by atoms with E-state index in [0.29, 0.717) is 19.8 Å². The first-order valence-electron chi connectivity index (χ1n) is 8.38. The maximum Gasteiger partial charge on any atom is 0.315 e. The Morgan fingerprint density at radius 1 is 1.28 bits per heavy atom. The lowest BCUT2D eigenvalue weighted by molar-refractivity contribution is 0.171. The molecule has 3 rings (SSSR count). The van der Waals surface area contributed by atoms with Crippen molar-refractivity contribution in [3.8, 4) is 11.5 Å². The Morgan fingerprint density at radius 2 is 2.00 bits per heavy atom. The number of carbonyl (C=O) groups is 1. The summed E-state index contributed by atoms with van der Waals surface area (Å²) < 4.78 is 12.9. The Morgan fingerprint density at radius 3 is 2.68 bits per heavy atom. The zero-order chi connectivity index (χ0) is 18.0. The second-order valence-electron chi connectivity index (χ2n) is 6.22. The quantitative estimate of drug-likeness (QED) is 0.893. The third-order valence-corrected chi connectivity index (χ3v) is 4.50. The molecule has 0 aliphatic carbocycles. The molecular weight excluding hydrogens is 320 g/mol. The van der Waals surface area contributed by atoms with Crippen molar-refractivity contribution in [2.45, 2.75) is 33.4 Å². The minimum absolute atomic E-state index is 0.146. The number of carbonyl (C=O) groups excluding carboxylic acids is 1. The smallest absolute Gasteiger partial charge is 0.315 e. The van der Waals surface area contributed by atoms with Crippen LogP contribution in [0.5, 0.6) is 11.5 Å². The predicted octanol–water partition coefficient (Wildman–Crippen LogP) is 2.37. The average molecular weight is 344 g/mol. The van der Waals surface area contributed by atoms with Crippen molar-refractivity contribution in [3.05, 3.63) is 40.7 Å². The van der Waals surface area contributed by atoms with Gasteiger partial charge in [-0.05, 0) is 38.5 Å². The van der Waals surface area contributed by atoms with Gasteiger partial charge < -0.3 is 20.1 Å². The summed E-state index contributed by atoms with van der Waals surface area (Å²) in [5, 5.41) is 10.2. The average Bonchev–Trinajstić information content (AvgIpc) is 2.84. The molecular formula is C18H24N4O3. The second-order valence-corrected chi connectivity index (χ2v) is 6.22. The number of benzene rings is 1. The van der Waals surface area contributed by atoms with Crippen molar-refractivity contribution in [2.75, 3.05) is 13.2 Å². The molecule has 2 N–H and O–H groups in total. The lowest BCUT2D eigenvalue weighted by Crippen LogP contribution is -2.36. The van der Waals surface area contributed by atoms with Gasteiger partial charge in [-0.2, -0.15) is 5.10 Å². The summed E-state index contributed by atoms with van der Waals surface area (Å²) in [5.41, 5.74) is 4.00. The number of urea groups is 1. The molecule has 1 unspecified atom stereocenters. The monoisotopic (exact) mass is 344 g/mol. The van der Waals surface area contributed by atoms with Crippen molar-refractivity contribution >= 4 is 6.03 Å². The zero-order valence-electron chi connectivity index (χ0n) is 15.0. The molecule has 0 spiro atoms. The molecule has 0 saturated heterocycles. The van der Waals surface area contributed by atoms with E-state index in [9.17, 15) is 4.79 Å². The van der Waals surface area contributed by atoms with Gasteiger partial charge in [0.15, 0.2) is 11.5 Å². The number of aryl methyl sites for hydroxylation is 2. The molecule has 2 amide bonds. The summed E-state index contributed by atoms with van der Waals surface area (Å²) in [5.74, 6) is 1.47. The van der Waals surface area contributed by atoms with Gasteiger partial charge in [-0.15, -0.1) is 0 Å². The fraction of sp³-hybridized carbons (Fsp3) is 0.444. The topological polar surface area (TPSA) is 77.4 Å². The van der Waals surface area contributed by atoms with Gasteiger partial charge >= 0.3 is 6.03 Å². The van der Waals surface area contributed by atoms with E-state index in [0.717, 1.165) is 34.0 Å². The minimum Gasteiger partial charge on any atom is -0.486 e. The summed E-state index contributed by atoms with van der Waals surface area (Å²) in [6, 6.07) is 5.36. The van der Waals surface area contributed by atoms with E-state index in [1.807, 2.05) is 50.7 Å². The Hall–Kier alpha value is -2.70. The maximum absolute atomic E-state index is 12.2. The number of nitrogens with one attached hydrogen (secondary N) is 2. The first-order chi connectivity index (χ1) is 12.0. The van der Waals surface area contributed by atoms with Crippen LogP contribution in [0.1, 0.15) is 35.5 Å². The third-order valence-electron chi connectivity index (χ3n) is 4.50. The Bertz CT molecular complexity index is 785. The third kappa shape index (κ3) is 3.70. The van der Waals surface area contributed by atoms with Crippen molar-refractivity contribution in [1.29, 1.82) is 0 Å². The first-order valence-corrected chi connectivity index (χ1v) is 8.38. The second kappa shape index (κ2) is 7.04. The van der Waals surface area contributed by atoms with E-state index in [1.165, 1.54) is 0 Å². The number of fused-ring (bicyclic) bond motifs is 1. The molecule has 2 heterocycles. The molecule has 7 heteroatoms. The van der Waals surface area contributed by atoms with Crippen LogP contribution in [0.2, 0.25) is 0 Å². The van der Waals surface area contributed by atoms with Gasteiger partial charge in [0.1, 0.15) is 13.2 Å². The molecule has 2 aromatic rings. The van der Waals surface area contributed by atoms with Crippen LogP contribution in [-0.2, 0) is 13.6 Å². The molecule has 0 fully saturated rings. The van der Waals surface area contributed by atoms with Gasteiger partial charge in [0.2, 0.25) is 0 Å². The molecule has 0 saturated carbocycles. The highest BCUT2D eigenvalue weighted by molar-refractivity contribution is 5.74. The van der Waals surface area contributed by atoms with Gasteiger partial charge in [-0.1, -0.05) is 6.07 Å². The number of amides is 2. The lowest BCUT2D eigenvalue weighted by atomic mass is 10.1. The number of rotatable bonds is 4. The van der Waals surface area contributed by atoms with Crippen LogP contribution >= 0.6 is 0 Å². The van der Waals surface area contributed by atoms with Crippen molar-refractivity contribution in [1.82, 2.24) is 20.4 Å². The Labute approximate surface area is 147 Å². The summed E-state index contributed by atoms with van der Waals surface area (Å²) in [7, 11) is 1.90. The molecule has 0 bridgehead atoms. The predicted molar refractivity (Wildman–Crippen MR) is 93.9 cm³/mol. The summed E-state index contributed by atoms with van der Waals surface area (Å²) >= 11 is 0. The number of aromatic nitrogens is 2. The van der Waals surface area contributed by atoms with Crippen LogP contribution in [0.4, 0.5) is 4.79 Å². The van der Waals surface area contributed by atoms with E-state index in [-0.39, 0.29) is 12.1 Å². The normalized spacial score (nSPS) is 14.1. The summed E-state index contributed by atoms with van der Waals surface area (Å²) in [6.45, 7) is 7.43. The highest BCUT2D eigenvalue weighted by Crippen LogP contribution is 2.32. The van der Waals surface area contributed by atoms with Crippen molar-refractivity contribution in [3.63, 3.8) is 0 Å². The highest BCUT2D eigenvalue weighted by Gasteiger charge is 2.16. The molecule has 1 aliphatic rings. The van der Waals surface area contributed by atoms with Gasteiger partial charge in [0.25, 0.3) is 0 Å². The number of hydrogen-bond acceptors (Lipinski definition) is 4. The van der Waals surface area contributed by atoms with E-state index >= 15 is 0 Å². The number of nitrogens with zero attached hydrogens (tertiary/aromatic N) is 2. The van der Waals surface area contributed by atoms with Crippen LogP contribution < -0.4 is 20.1 Å². The molecule has 1 aliphatic heterocycles. The van der Waals surface area contributed by atoms with E-state index < -0.39 is 0 Å². The fourth-order valence-electron chi connectivity index (χ4n) is 2.90. The molecule has 1 atom stereocenters. The van der Waals surface area contributed by atoms with Gasteiger partial charge in [0.05, 0.1) is 11.7 Å². The molecule has 1 aromatic heterocycles. The van der Waals surface area contributed by atoms with Crippen LogP contribution in [0.3, 0.4) is 0 Å². The summed E-state index contributed by atoms with van der Waals surface area (Å²) in [6.07, 6.45) is 0. The maximum atomic E-state index is 12.2. The van der Waals surface area contributed by atoms with Gasteiger partial charge in [0, 0.05) is 24.8 Å². The van der Waals surface area contributed by atoms with Crippen molar-refractivity contribution < 1.29 is 14.3 Å². The van der Waals surface area contributed by atoms with E-state index in [1.54, 1.807) is 0 Å². The SMILES string of the molecule is Cc1nn(C)c(C)c1CNC(=O)NC(C)c1ccc2c(c1)OCCO2.